The topological polar surface area (TPSA) is 126 Å². The van der Waals surface area contributed by atoms with Gasteiger partial charge in [-0.25, -0.2) is 4.79 Å². The maximum Gasteiger partial charge on any atom is 0.410 e. The van der Waals surface area contributed by atoms with Gasteiger partial charge in [-0.1, -0.05) is 136 Å². The van der Waals surface area contributed by atoms with Crippen molar-refractivity contribution in [1.29, 1.82) is 0 Å². The van der Waals surface area contributed by atoms with Gasteiger partial charge < -0.3 is 33.9 Å². The molecule has 1 N–H and O–H groups in total. The second-order valence-corrected chi connectivity index (χ2v) is 24.2. The van der Waals surface area contributed by atoms with E-state index in [-0.39, 0.29) is 52.7 Å². The molecule has 6 aromatic rings. The Morgan fingerprint density at radius 3 is 1.35 bits per heavy atom. The molecule has 2 unspecified atom stereocenters. The predicted molar refractivity (Wildman–Crippen MR) is 317 cm³/mol. The lowest BCUT2D eigenvalue weighted by molar-refractivity contribution is -0.138. The van der Waals surface area contributed by atoms with Gasteiger partial charge in [-0.05, 0) is 143 Å². The molecule has 12 heteroatoms. The summed E-state index contributed by atoms with van der Waals surface area (Å²) in [7, 11) is 3.65. The summed E-state index contributed by atoms with van der Waals surface area (Å²) in [6.07, 6.45) is 14.2. The molecule has 2 aliphatic heterocycles. The molecule has 4 heterocycles. The van der Waals surface area contributed by atoms with E-state index in [1.807, 2.05) is 116 Å². The lowest BCUT2D eigenvalue weighted by Gasteiger charge is -2.39. The maximum atomic E-state index is 14.2. The van der Waals surface area contributed by atoms with E-state index in [4.69, 9.17) is 4.74 Å². The first-order valence-corrected chi connectivity index (χ1v) is 29.7. The Labute approximate surface area is 468 Å². The number of aryl methyl sites for hydroxylation is 2. The average Bonchev–Trinajstić information content (AvgIpc) is 3.55. The first kappa shape index (κ1) is 57.2. The van der Waals surface area contributed by atoms with Crippen molar-refractivity contribution >= 4 is 39.7 Å². The Kier molecular flexibility index (Phi) is 19.3. The summed E-state index contributed by atoms with van der Waals surface area (Å²) in [4.78, 5) is 73.8. The number of benzene rings is 4. The van der Waals surface area contributed by atoms with Crippen LogP contribution in [0.3, 0.4) is 0 Å². The normalized spacial score (nSPS) is 17.9. The Bertz CT molecular complexity index is 3100. The van der Waals surface area contributed by atoms with Gasteiger partial charge in [-0.15, -0.1) is 0 Å². The lowest BCUT2D eigenvalue weighted by Crippen LogP contribution is -2.45. The van der Waals surface area contributed by atoms with E-state index in [2.05, 4.69) is 59.9 Å². The summed E-state index contributed by atoms with van der Waals surface area (Å²) in [5.74, 6) is 1.67. The lowest BCUT2D eigenvalue weighted by atomic mass is 9.79. The number of nitrogens with one attached hydrogen (secondary N) is 1. The molecule has 2 aliphatic carbocycles. The summed E-state index contributed by atoms with van der Waals surface area (Å²) < 4.78 is 9.08. The molecule has 4 aliphatic rings. The highest BCUT2D eigenvalue weighted by Crippen LogP contribution is 2.37. The molecule has 3 amide bonds. The molecule has 2 saturated carbocycles. The minimum Gasteiger partial charge on any atom is -0.444 e. The van der Waals surface area contributed by atoms with Crippen molar-refractivity contribution in [2.45, 2.75) is 141 Å². The van der Waals surface area contributed by atoms with Crippen LogP contribution in [0.15, 0.2) is 131 Å². The number of rotatable bonds is 14. The van der Waals surface area contributed by atoms with Gasteiger partial charge in [0.15, 0.2) is 0 Å². The molecule has 79 heavy (non-hydrogen) atoms. The Morgan fingerprint density at radius 1 is 0.544 bits per heavy atom. The number of nitrogens with zero attached hydrogens (tertiary/aromatic N) is 5. The number of fused-ring (bicyclic) bond motifs is 2. The second kappa shape index (κ2) is 26.6. The van der Waals surface area contributed by atoms with Crippen molar-refractivity contribution in [2.24, 2.45) is 37.8 Å². The number of pyridine rings is 2. The molecule has 12 nitrogen and oxygen atoms in total. The molecule has 2 atom stereocenters. The largest absolute Gasteiger partial charge is 0.444 e. The van der Waals surface area contributed by atoms with E-state index < -0.39 is 5.60 Å². The van der Waals surface area contributed by atoms with Gasteiger partial charge in [-0.2, -0.15) is 0 Å². The van der Waals surface area contributed by atoms with Crippen molar-refractivity contribution in [3.05, 3.63) is 164 Å². The summed E-state index contributed by atoms with van der Waals surface area (Å²) >= 11 is 0. The summed E-state index contributed by atoms with van der Waals surface area (Å²) in [5, 5.41) is 5.53. The number of ether oxygens (including phenoxy) is 1. The molecule has 0 bridgehead atoms. The first-order chi connectivity index (χ1) is 38.2. The third kappa shape index (κ3) is 14.5. The van der Waals surface area contributed by atoms with E-state index in [0.29, 0.717) is 62.2 Å². The van der Waals surface area contributed by atoms with Gasteiger partial charge in [-0.3, -0.25) is 19.2 Å². The molecule has 4 aromatic carbocycles. The zero-order valence-corrected chi connectivity index (χ0v) is 47.8. The number of carbonyl (C=O) groups is 3. The molecule has 420 valence electrons. The number of carbonyl (C=O) groups excluding carboxylic acids is 3. The molecular formula is C67H86N6O6. The summed E-state index contributed by atoms with van der Waals surface area (Å²) in [5.41, 5.74) is 5.09. The second-order valence-electron chi connectivity index (χ2n) is 24.2. The number of amides is 3. The van der Waals surface area contributed by atoms with Crippen LogP contribution in [0.1, 0.15) is 145 Å². The van der Waals surface area contributed by atoms with Crippen LogP contribution in [-0.2, 0) is 41.5 Å². The van der Waals surface area contributed by atoms with Gasteiger partial charge in [0.05, 0.1) is 24.1 Å². The van der Waals surface area contributed by atoms with Gasteiger partial charge in [0.1, 0.15) is 5.60 Å². The molecule has 2 aromatic heterocycles. The Balaban J connectivity index is 0.000000195. The van der Waals surface area contributed by atoms with Crippen LogP contribution in [0.4, 0.5) is 4.79 Å². The first-order valence-electron chi connectivity index (χ1n) is 29.7. The molecular weight excluding hydrogens is 985 g/mol. The Morgan fingerprint density at radius 2 is 0.937 bits per heavy atom. The number of piperidine rings is 2. The van der Waals surface area contributed by atoms with Crippen LogP contribution in [0.2, 0.25) is 0 Å². The van der Waals surface area contributed by atoms with Crippen LogP contribution in [0.25, 0.3) is 21.8 Å². The molecule has 0 spiro atoms. The molecule has 4 fully saturated rings. The number of aromatic nitrogens is 2. The third-order valence-corrected chi connectivity index (χ3v) is 17.7. The van der Waals surface area contributed by atoms with Crippen LogP contribution in [0, 0.1) is 23.7 Å². The highest BCUT2D eigenvalue weighted by Gasteiger charge is 2.36. The van der Waals surface area contributed by atoms with Crippen LogP contribution < -0.4 is 16.4 Å². The highest BCUT2D eigenvalue weighted by atomic mass is 16.6. The van der Waals surface area contributed by atoms with Crippen molar-refractivity contribution < 1.29 is 19.1 Å². The summed E-state index contributed by atoms with van der Waals surface area (Å²) in [6.45, 7) is 10.9. The SMILES string of the molecule is Cn1c(=O)c(CN(CC(c2ccccc2)C2CCN(C(=O)OC(C)(C)C)CC2)C(=O)C2CCCCC2)cc2ccccc21.Cn1c(=O)c(CN(CC(c2ccccc2)C2CCNCC2)C(=O)C2CCCCC2)cc2ccccc21. The van der Waals surface area contributed by atoms with Crippen molar-refractivity contribution in [3.8, 4) is 0 Å². The number of hydrogen-bond donors (Lipinski definition) is 1. The minimum atomic E-state index is -0.527. The van der Waals surface area contributed by atoms with Crippen molar-refractivity contribution in [3.63, 3.8) is 0 Å². The average molecular weight is 1070 g/mol. The standard InChI is InChI=1S/C36H47N3O4.C31H39N3O2/c1-36(2,3)43-35(42)38-21-19-27(20-22-38)31(26-13-7-5-8-14-26)25-39(34(41)28-15-9-6-10-16-28)24-30-23-29-17-11-12-18-32(29)37(4)33(30)40;1-33-29-15-9-8-14-26(29)20-27(30(33)35)21-34(31(36)25-12-6-3-7-13-25)22-28(23-10-4-2-5-11-23)24-16-18-32-19-17-24/h5,7-8,11-14,17-18,23,27-28,31H,6,9-10,15-16,19-22,24-25H2,1-4H3;2,4-5,8-11,14-15,20,24-25,28,32H,3,6-7,12-13,16-19,21-22H2,1H3. The van der Waals surface area contributed by atoms with Crippen LogP contribution >= 0.6 is 0 Å². The van der Waals surface area contributed by atoms with Gasteiger partial charge >= 0.3 is 6.09 Å². The van der Waals surface area contributed by atoms with Gasteiger partial charge in [0, 0.05) is 75.1 Å². The van der Waals surface area contributed by atoms with Crippen LogP contribution in [0.5, 0.6) is 0 Å². The monoisotopic (exact) mass is 1070 g/mol. The fourth-order valence-electron chi connectivity index (χ4n) is 13.3. The van der Waals surface area contributed by atoms with Crippen molar-refractivity contribution in [2.75, 3.05) is 39.3 Å². The predicted octanol–water partition coefficient (Wildman–Crippen LogP) is 12.1. The fourth-order valence-corrected chi connectivity index (χ4v) is 13.3. The van der Waals surface area contributed by atoms with Crippen LogP contribution in [-0.4, -0.2) is 86.6 Å². The van der Waals surface area contributed by atoms with Crippen molar-refractivity contribution in [1.82, 2.24) is 29.2 Å². The number of para-hydroxylation sites is 2. The van der Waals surface area contributed by atoms with Gasteiger partial charge in [0.2, 0.25) is 11.8 Å². The Hall–Kier alpha value is -6.53. The van der Waals surface area contributed by atoms with E-state index >= 15 is 0 Å². The summed E-state index contributed by atoms with van der Waals surface area (Å²) in [6, 6.07) is 41.0. The maximum absolute atomic E-state index is 14.2. The van der Waals surface area contributed by atoms with E-state index in [1.165, 1.54) is 24.0 Å². The zero-order chi connectivity index (χ0) is 55.5. The third-order valence-electron chi connectivity index (χ3n) is 17.7. The van der Waals surface area contributed by atoms with E-state index in [9.17, 15) is 24.0 Å². The fraction of sp³-hybridized carbons (Fsp3) is 0.507. The minimum absolute atomic E-state index is 0.00324. The number of hydrogen-bond acceptors (Lipinski definition) is 7. The zero-order valence-electron chi connectivity index (χ0n) is 47.8. The molecule has 10 rings (SSSR count). The highest BCUT2D eigenvalue weighted by molar-refractivity contribution is 5.82. The van der Waals surface area contributed by atoms with E-state index in [1.54, 1.807) is 9.13 Å². The van der Waals surface area contributed by atoms with E-state index in [0.717, 1.165) is 112 Å². The quantitative estimate of drug-likeness (QED) is 0.115. The molecule has 2 saturated heterocycles. The molecule has 0 radical (unpaired) electrons. The van der Waals surface area contributed by atoms with Gasteiger partial charge in [0.25, 0.3) is 11.1 Å². The smallest absolute Gasteiger partial charge is 0.410 e. The number of likely N-dealkylation sites (tertiary alicyclic amines) is 1.